The van der Waals surface area contributed by atoms with E-state index in [0.29, 0.717) is 11.5 Å². The number of ether oxygens (including phenoxy) is 2. The van der Waals surface area contributed by atoms with E-state index in [9.17, 15) is 4.79 Å². The van der Waals surface area contributed by atoms with Crippen molar-refractivity contribution in [2.24, 2.45) is 4.99 Å². The van der Waals surface area contributed by atoms with Crippen molar-refractivity contribution in [3.63, 3.8) is 0 Å². The van der Waals surface area contributed by atoms with Gasteiger partial charge in [-0.2, -0.15) is 0 Å². The lowest BCUT2D eigenvalue weighted by Crippen LogP contribution is -2.24. The summed E-state index contributed by atoms with van der Waals surface area (Å²) >= 11 is 0. The minimum absolute atomic E-state index is 0.213. The monoisotopic (exact) mass is 366 g/mol. The van der Waals surface area contributed by atoms with Crippen molar-refractivity contribution < 1.29 is 14.3 Å². The molecule has 0 saturated heterocycles. The van der Waals surface area contributed by atoms with Crippen LogP contribution in [0.3, 0.4) is 0 Å². The van der Waals surface area contributed by atoms with Crippen LogP contribution in [0.25, 0.3) is 0 Å². The Hall–Kier alpha value is -2.82. The third-order valence-electron chi connectivity index (χ3n) is 5.50. The average Bonchev–Trinajstić information content (AvgIpc) is 2.82. The molecule has 0 N–H and O–H groups in total. The third kappa shape index (κ3) is 2.97. The molecule has 1 heterocycles. The molecule has 1 aliphatic carbocycles. The number of likely N-dealkylation sites (N-methyl/N-ethyl adjacent to an activating group) is 1. The van der Waals surface area contributed by atoms with Gasteiger partial charge in [-0.25, -0.2) is 4.99 Å². The first-order chi connectivity index (χ1) is 12.7. The van der Waals surface area contributed by atoms with Crippen LogP contribution in [-0.4, -0.2) is 32.8 Å². The third-order valence-corrected chi connectivity index (χ3v) is 5.50. The molecule has 1 aromatic carbocycles. The first-order valence-electron chi connectivity index (χ1n) is 8.91. The number of carbonyl (C=O) groups excluding carboxylic acids is 1. The molecule has 1 aromatic rings. The van der Waals surface area contributed by atoms with Gasteiger partial charge in [0, 0.05) is 42.2 Å². The minimum atomic E-state index is -0.231. The Morgan fingerprint density at radius 3 is 2.44 bits per heavy atom. The van der Waals surface area contributed by atoms with Crippen LogP contribution in [0.15, 0.2) is 52.7 Å². The first kappa shape index (κ1) is 19.0. The van der Waals surface area contributed by atoms with Crippen LogP contribution >= 0.6 is 0 Å². The second kappa shape index (κ2) is 6.72. The summed E-state index contributed by atoms with van der Waals surface area (Å²) in [5, 5.41) is 0. The van der Waals surface area contributed by atoms with Crippen LogP contribution in [0, 0.1) is 13.8 Å². The van der Waals surface area contributed by atoms with Gasteiger partial charge >= 0.3 is 0 Å². The van der Waals surface area contributed by atoms with E-state index in [1.165, 1.54) is 42.7 Å². The summed E-state index contributed by atoms with van der Waals surface area (Å²) in [5.74, 6) is 0.630. The van der Waals surface area contributed by atoms with Gasteiger partial charge in [0.25, 0.3) is 0 Å². The zero-order valence-electron chi connectivity index (χ0n) is 17.0. The molecule has 0 saturated carbocycles. The summed E-state index contributed by atoms with van der Waals surface area (Å²) < 4.78 is 10.5. The highest BCUT2D eigenvalue weighted by molar-refractivity contribution is 6.50. The molecule has 1 aliphatic heterocycles. The van der Waals surface area contributed by atoms with E-state index in [2.05, 4.69) is 49.7 Å². The Kier molecular flexibility index (Phi) is 4.72. The number of ketones is 1. The van der Waals surface area contributed by atoms with Crippen LogP contribution in [0.5, 0.6) is 0 Å². The molecule has 0 atom stereocenters. The van der Waals surface area contributed by atoms with E-state index in [-0.39, 0.29) is 16.9 Å². The molecule has 0 radical (unpaired) electrons. The molecule has 142 valence electrons. The van der Waals surface area contributed by atoms with Crippen molar-refractivity contribution in [3.05, 3.63) is 64.4 Å². The normalized spacial score (nSPS) is 21.3. The number of methoxy groups -OCH3 is 2. The van der Waals surface area contributed by atoms with Crippen molar-refractivity contribution >= 4 is 17.2 Å². The van der Waals surface area contributed by atoms with Gasteiger partial charge in [0.05, 0.1) is 14.2 Å². The lowest BCUT2D eigenvalue weighted by molar-refractivity contribution is -0.109. The molecule has 0 bridgehead atoms. The maximum absolute atomic E-state index is 12.4. The van der Waals surface area contributed by atoms with Gasteiger partial charge in [0.1, 0.15) is 5.76 Å². The smallest absolute Gasteiger partial charge is 0.211 e. The van der Waals surface area contributed by atoms with Crippen LogP contribution in [0.1, 0.15) is 30.5 Å². The Morgan fingerprint density at radius 1 is 1.11 bits per heavy atom. The highest BCUT2D eigenvalue weighted by Crippen LogP contribution is 2.48. The zero-order chi connectivity index (χ0) is 19.9. The molecular weight excluding hydrogens is 340 g/mol. The topological polar surface area (TPSA) is 51.1 Å². The SMILES string of the molecule is COC1=CC(=O)C(=NC=C2N(C)c3c(ccc(C)c3C)C2(C)C)C(OC)=C1. The number of anilines is 1. The van der Waals surface area contributed by atoms with Crippen molar-refractivity contribution in [1.82, 2.24) is 0 Å². The number of aryl methyl sites for hydroxylation is 1. The maximum Gasteiger partial charge on any atom is 0.211 e. The minimum Gasteiger partial charge on any atom is -0.496 e. The number of aliphatic imine (C=N–C) groups is 1. The van der Waals surface area contributed by atoms with E-state index in [1.807, 2.05) is 7.05 Å². The summed E-state index contributed by atoms with van der Waals surface area (Å²) in [6, 6.07) is 4.34. The number of nitrogens with zero attached hydrogens (tertiary/aromatic N) is 2. The molecule has 5 nitrogen and oxygen atoms in total. The van der Waals surface area contributed by atoms with Gasteiger partial charge in [0.2, 0.25) is 5.78 Å². The quantitative estimate of drug-likeness (QED) is 0.760. The zero-order valence-corrected chi connectivity index (χ0v) is 17.0. The summed E-state index contributed by atoms with van der Waals surface area (Å²) in [4.78, 5) is 19.1. The van der Waals surface area contributed by atoms with Crippen LogP contribution in [-0.2, 0) is 19.7 Å². The highest BCUT2D eigenvalue weighted by Gasteiger charge is 2.39. The van der Waals surface area contributed by atoms with Gasteiger partial charge in [-0.3, -0.25) is 4.79 Å². The number of carbonyl (C=O) groups is 1. The largest absolute Gasteiger partial charge is 0.496 e. The number of hydrogen-bond donors (Lipinski definition) is 0. The second-order valence-corrected chi connectivity index (χ2v) is 7.41. The molecule has 0 spiro atoms. The van der Waals surface area contributed by atoms with E-state index in [0.717, 1.165) is 5.70 Å². The van der Waals surface area contributed by atoms with E-state index < -0.39 is 0 Å². The molecular formula is C22H26N2O3. The van der Waals surface area contributed by atoms with Gasteiger partial charge in [-0.1, -0.05) is 26.0 Å². The number of rotatable bonds is 3. The van der Waals surface area contributed by atoms with E-state index >= 15 is 0 Å². The van der Waals surface area contributed by atoms with Crippen LogP contribution < -0.4 is 4.90 Å². The van der Waals surface area contributed by atoms with Crippen molar-refractivity contribution in [3.8, 4) is 0 Å². The number of fused-ring (bicyclic) bond motifs is 1. The number of benzene rings is 1. The number of allylic oxidation sites excluding steroid dienone is 4. The van der Waals surface area contributed by atoms with Gasteiger partial charge in [-0.05, 0) is 30.5 Å². The van der Waals surface area contributed by atoms with Crippen LogP contribution in [0.2, 0.25) is 0 Å². The van der Waals surface area contributed by atoms with Gasteiger partial charge in [0.15, 0.2) is 11.5 Å². The second-order valence-electron chi connectivity index (χ2n) is 7.41. The Labute approximate surface area is 160 Å². The van der Waals surface area contributed by atoms with Crippen molar-refractivity contribution in [2.45, 2.75) is 33.1 Å². The first-order valence-corrected chi connectivity index (χ1v) is 8.91. The molecule has 0 unspecified atom stereocenters. The Morgan fingerprint density at radius 2 is 1.81 bits per heavy atom. The maximum atomic E-state index is 12.4. The average molecular weight is 366 g/mol. The van der Waals surface area contributed by atoms with Crippen LogP contribution in [0.4, 0.5) is 5.69 Å². The number of hydrogen-bond acceptors (Lipinski definition) is 5. The molecule has 0 fully saturated rings. The molecule has 0 aromatic heterocycles. The summed E-state index contributed by atoms with van der Waals surface area (Å²) in [5.41, 5.74) is 6.09. The predicted molar refractivity (Wildman–Crippen MR) is 108 cm³/mol. The van der Waals surface area contributed by atoms with Crippen molar-refractivity contribution in [2.75, 3.05) is 26.2 Å². The molecule has 5 heteroatoms. The fraction of sp³-hybridized carbons (Fsp3) is 0.364. The Balaban J connectivity index is 2.07. The molecule has 3 rings (SSSR count). The van der Waals surface area contributed by atoms with Gasteiger partial charge in [-0.15, -0.1) is 0 Å². The fourth-order valence-electron chi connectivity index (χ4n) is 3.75. The fourth-order valence-corrected chi connectivity index (χ4v) is 3.75. The Bertz CT molecular complexity index is 933. The molecule has 27 heavy (non-hydrogen) atoms. The van der Waals surface area contributed by atoms with Gasteiger partial charge < -0.3 is 14.4 Å². The molecule has 0 amide bonds. The highest BCUT2D eigenvalue weighted by atomic mass is 16.5. The van der Waals surface area contributed by atoms with E-state index in [1.54, 1.807) is 12.3 Å². The lowest BCUT2D eigenvalue weighted by atomic mass is 9.83. The standard InChI is InChI=1S/C22H26N2O3/c1-13-8-9-16-21(14(13)2)24(5)19(22(16,3)4)12-23-20-17(25)10-15(26-6)11-18(20)27-7/h8-12H,1-7H3. The predicted octanol–water partition coefficient (Wildman–Crippen LogP) is 3.96. The van der Waals surface area contributed by atoms with Crippen molar-refractivity contribution in [1.29, 1.82) is 0 Å². The summed E-state index contributed by atoms with van der Waals surface area (Å²) in [6.45, 7) is 8.61. The molecule has 2 aliphatic rings. The summed E-state index contributed by atoms with van der Waals surface area (Å²) in [6.07, 6.45) is 4.87. The lowest BCUT2D eigenvalue weighted by Gasteiger charge is -2.23. The van der Waals surface area contributed by atoms with E-state index in [4.69, 9.17) is 9.47 Å². The summed E-state index contributed by atoms with van der Waals surface area (Å²) in [7, 11) is 5.09.